The molecule has 0 aromatic heterocycles. The summed E-state index contributed by atoms with van der Waals surface area (Å²) in [4.78, 5) is 0.177. The third kappa shape index (κ3) is 2.48. The summed E-state index contributed by atoms with van der Waals surface area (Å²) in [7, 11) is -3.59. The van der Waals surface area contributed by atoms with Crippen molar-refractivity contribution >= 4 is 10.0 Å². The van der Waals surface area contributed by atoms with Gasteiger partial charge in [0.2, 0.25) is 10.0 Å². The van der Waals surface area contributed by atoms with Crippen LogP contribution >= 0.6 is 0 Å². The highest BCUT2D eigenvalue weighted by Crippen LogP contribution is 2.33. The van der Waals surface area contributed by atoms with E-state index in [1.807, 2.05) is 0 Å². The molecule has 2 aliphatic heterocycles. The zero-order valence-corrected chi connectivity index (χ0v) is 11.8. The molecule has 7 heteroatoms. The average molecular weight is 299 g/mol. The predicted molar refractivity (Wildman–Crippen MR) is 71.4 cm³/mol. The van der Waals surface area contributed by atoms with E-state index in [1.54, 1.807) is 6.07 Å². The Morgan fingerprint density at radius 1 is 1.20 bits per heavy atom. The summed E-state index contributed by atoms with van der Waals surface area (Å²) in [6.07, 6.45) is 0.730. The highest BCUT2D eigenvalue weighted by molar-refractivity contribution is 7.89. The molecule has 1 atom stereocenters. The fourth-order valence-electron chi connectivity index (χ4n) is 2.47. The Morgan fingerprint density at radius 3 is 2.70 bits per heavy atom. The molecular formula is C13H17NO5S. The summed E-state index contributed by atoms with van der Waals surface area (Å²) < 4.78 is 37.2. The Morgan fingerprint density at radius 2 is 1.95 bits per heavy atom. The van der Waals surface area contributed by atoms with Crippen molar-refractivity contribution in [3.8, 4) is 11.5 Å². The smallest absolute Gasteiger partial charge is 0.243 e. The fraction of sp³-hybridized carbons (Fsp3) is 0.538. The van der Waals surface area contributed by atoms with Crippen molar-refractivity contribution in [2.45, 2.75) is 23.8 Å². The molecule has 2 heterocycles. The zero-order chi connectivity index (χ0) is 14.2. The van der Waals surface area contributed by atoms with E-state index in [0.717, 1.165) is 0 Å². The van der Waals surface area contributed by atoms with Gasteiger partial charge in [0.25, 0.3) is 0 Å². The van der Waals surface area contributed by atoms with Crippen LogP contribution in [0, 0.1) is 0 Å². The van der Waals surface area contributed by atoms with Gasteiger partial charge in [-0.15, -0.1) is 0 Å². The lowest BCUT2D eigenvalue weighted by Gasteiger charge is -2.29. The van der Waals surface area contributed by atoms with Gasteiger partial charge < -0.3 is 14.6 Å². The highest BCUT2D eigenvalue weighted by Gasteiger charge is 2.30. The molecule has 0 saturated carbocycles. The second-order valence-corrected chi connectivity index (χ2v) is 6.90. The Labute approximate surface area is 118 Å². The van der Waals surface area contributed by atoms with Crippen molar-refractivity contribution < 1.29 is 23.0 Å². The first-order valence-corrected chi connectivity index (χ1v) is 8.09. The number of fused-ring (bicyclic) bond motifs is 1. The monoisotopic (exact) mass is 299 g/mol. The first kappa shape index (κ1) is 13.7. The molecule has 1 fully saturated rings. The normalized spacial score (nSPS) is 23.6. The summed E-state index contributed by atoms with van der Waals surface area (Å²) in [5, 5.41) is 9.63. The van der Waals surface area contributed by atoms with Crippen LogP contribution in [-0.4, -0.2) is 50.2 Å². The number of benzene rings is 1. The lowest BCUT2D eigenvalue weighted by molar-refractivity contribution is 0.108. The highest BCUT2D eigenvalue weighted by atomic mass is 32.2. The molecule has 6 nitrogen and oxygen atoms in total. The van der Waals surface area contributed by atoms with Crippen molar-refractivity contribution in [3.05, 3.63) is 18.2 Å². The maximum atomic E-state index is 12.5. The number of hydrogen-bond donors (Lipinski definition) is 1. The molecule has 110 valence electrons. The minimum absolute atomic E-state index is 0.150. The molecule has 1 unspecified atom stereocenters. The number of ether oxygens (including phenoxy) is 2. The summed E-state index contributed by atoms with van der Waals surface area (Å²) in [6.45, 7) is 1.47. The Hall–Kier alpha value is -1.31. The first-order chi connectivity index (χ1) is 9.57. The van der Waals surface area contributed by atoms with E-state index >= 15 is 0 Å². The minimum atomic E-state index is -3.59. The average Bonchev–Trinajstić information content (AvgIpc) is 2.46. The summed E-state index contributed by atoms with van der Waals surface area (Å²) in [6, 6.07) is 4.62. The molecule has 2 aliphatic rings. The standard InChI is InChI=1S/C13H17NO5S/c15-10-2-1-5-14(9-10)20(16,17)11-3-4-12-13(8-11)19-7-6-18-12/h3-4,8,10,15H,1-2,5-7,9H2. The molecule has 0 aliphatic carbocycles. The number of nitrogens with zero attached hydrogens (tertiary/aromatic N) is 1. The zero-order valence-electron chi connectivity index (χ0n) is 11.0. The van der Waals surface area contributed by atoms with Gasteiger partial charge in [-0.05, 0) is 25.0 Å². The maximum Gasteiger partial charge on any atom is 0.243 e. The maximum absolute atomic E-state index is 12.5. The van der Waals surface area contributed by atoms with Gasteiger partial charge >= 0.3 is 0 Å². The second-order valence-electron chi connectivity index (χ2n) is 4.96. The predicted octanol–water partition coefficient (Wildman–Crippen LogP) is 0.603. The third-order valence-electron chi connectivity index (χ3n) is 3.51. The van der Waals surface area contributed by atoms with Gasteiger partial charge in [-0.3, -0.25) is 0 Å². The van der Waals surface area contributed by atoms with E-state index in [2.05, 4.69) is 0 Å². The van der Waals surface area contributed by atoms with Crippen molar-refractivity contribution in [1.29, 1.82) is 0 Å². The number of hydrogen-bond acceptors (Lipinski definition) is 5. The molecular weight excluding hydrogens is 282 g/mol. The number of β-amino-alcohol motifs (C(OH)–C–C–N with tert-alkyl or cyclic N) is 1. The van der Waals surface area contributed by atoms with Crippen LogP contribution in [0.4, 0.5) is 0 Å². The molecule has 1 aromatic carbocycles. The first-order valence-electron chi connectivity index (χ1n) is 6.65. The molecule has 0 radical (unpaired) electrons. The van der Waals surface area contributed by atoms with Crippen molar-refractivity contribution in [2.24, 2.45) is 0 Å². The lowest BCUT2D eigenvalue weighted by Crippen LogP contribution is -2.42. The second kappa shape index (κ2) is 5.23. The molecule has 1 N–H and O–H groups in total. The van der Waals surface area contributed by atoms with Crippen LogP contribution in [-0.2, 0) is 10.0 Å². The fourth-order valence-corrected chi connectivity index (χ4v) is 4.00. The summed E-state index contributed by atoms with van der Waals surface area (Å²) >= 11 is 0. The van der Waals surface area contributed by atoms with Crippen LogP contribution in [0.5, 0.6) is 11.5 Å². The van der Waals surface area contributed by atoms with Gasteiger partial charge in [0.15, 0.2) is 11.5 Å². The number of sulfonamides is 1. The van der Waals surface area contributed by atoms with E-state index in [9.17, 15) is 13.5 Å². The van der Waals surface area contributed by atoms with Gasteiger partial charge in [-0.1, -0.05) is 0 Å². The van der Waals surface area contributed by atoms with Gasteiger partial charge in [-0.25, -0.2) is 8.42 Å². The van der Waals surface area contributed by atoms with Crippen LogP contribution in [0.15, 0.2) is 23.1 Å². The van der Waals surface area contributed by atoms with E-state index in [4.69, 9.17) is 9.47 Å². The molecule has 1 aromatic rings. The van der Waals surface area contributed by atoms with Gasteiger partial charge in [-0.2, -0.15) is 4.31 Å². The summed E-state index contributed by atoms with van der Waals surface area (Å²) in [5.74, 6) is 1.02. The van der Waals surface area contributed by atoms with Crippen molar-refractivity contribution in [1.82, 2.24) is 4.31 Å². The van der Waals surface area contributed by atoms with Gasteiger partial charge in [0.05, 0.1) is 11.0 Å². The minimum Gasteiger partial charge on any atom is -0.486 e. The Balaban J connectivity index is 1.90. The number of aliphatic hydroxyl groups is 1. The van der Waals surface area contributed by atoms with Crippen LogP contribution in [0.25, 0.3) is 0 Å². The topological polar surface area (TPSA) is 76.1 Å². The van der Waals surface area contributed by atoms with E-state index in [-0.39, 0.29) is 11.4 Å². The summed E-state index contributed by atoms with van der Waals surface area (Å²) in [5.41, 5.74) is 0. The van der Waals surface area contributed by atoms with Crippen molar-refractivity contribution in [3.63, 3.8) is 0 Å². The Bertz CT molecular complexity index is 601. The van der Waals surface area contributed by atoms with Crippen LogP contribution in [0.1, 0.15) is 12.8 Å². The SMILES string of the molecule is O=S(=O)(c1ccc2c(c1)OCCO2)N1CCCC(O)C1. The molecule has 0 bridgehead atoms. The van der Waals surface area contributed by atoms with Crippen molar-refractivity contribution in [2.75, 3.05) is 26.3 Å². The quantitative estimate of drug-likeness (QED) is 0.865. The lowest BCUT2D eigenvalue weighted by atomic mass is 10.1. The molecule has 0 amide bonds. The molecule has 3 rings (SSSR count). The molecule has 1 saturated heterocycles. The number of rotatable bonds is 2. The third-order valence-corrected chi connectivity index (χ3v) is 5.37. The molecule has 20 heavy (non-hydrogen) atoms. The number of aliphatic hydroxyl groups excluding tert-OH is 1. The van der Waals surface area contributed by atoms with E-state index in [1.165, 1.54) is 16.4 Å². The van der Waals surface area contributed by atoms with E-state index in [0.29, 0.717) is 44.1 Å². The molecule has 0 spiro atoms. The van der Waals surface area contributed by atoms with E-state index < -0.39 is 16.1 Å². The van der Waals surface area contributed by atoms with Gasteiger partial charge in [0, 0.05) is 19.2 Å². The van der Waals surface area contributed by atoms with Crippen LogP contribution in [0.3, 0.4) is 0 Å². The van der Waals surface area contributed by atoms with Crippen LogP contribution < -0.4 is 9.47 Å². The van der Waals surface area contributed by atoms with Crippen LogP contribution in [0.2, 0.25) is 0 Å². The van der Waals surface area contributed by atoms with Gasteiger partial charge in [0.1, 0.15) is 13.2 Å². The number of piperidine rings is 1. The Kier molecular flexibility index (Phi) is 3.57. The largest absolute Gasteiger partial charge is 0.486 e.